The summed E-state index contributed by atoms with van der Waals surface area (Å²) in [6.45, 7) is -0.472. The van der Waals surface area contributed by atoms with Crippen LogP contribution in [0.4, 0.5) is 10.8 Å². The number of carbonyl (C=O) groups is 1. The van der Waals surface area contributed by atoms with Crippen LogP contribution in [0.5, 0.6) is 23.0 Å². The third kappa shape index (κ3) is 5.52. The van der Waals surface area contributed by atoms with Gasteiger partial charge in [-0.2, -0.15) is 0 Å². The summed E-state index contributed by atoms with van der Waals surface area (Å²) in [6, 6.07) is 8.32. The van der Waals surface area contributed by atoms with Crippen LogP contribution in [0.25, 0.3) is 0 Å². The van der Waals surface area contributed by atoms with Gasteiger partial charge in [0.05, 0.1) is 6.10 Å². The number of aromatic nitrogens is 1. The summed E-state index contributed by atoms with van der Waals surface area (Å²) < 4.78 is 5.23. The third-order valence-electron chi connectivity index (χ3n) is 5.65. The molecule has 0 fully saturated rings. The van der Waals surface area contributed by atoms with E-state index in [2.05, 4.69) is 4.98 Å². The first-order valence-corrected chi connectivity index (χ1v) is 11.6. The summed E-state index contributed by atoms with van der Waals surface area (Å²) in [6.07, 6.45) is -0.854. The molecule has 0 aliphatic rings. The van der Waals surface area contributed by atoms with Gasteiger partial charge in [0.15, 0.2) is 28.1 Å². The summed E-state index contributed by atoms with van der Waals surface area (Å²) in [7, 11) is 1.29. The van der Waals surface area contributed by atoms with Gasteiger partial charge in [-0.05, 0) is 5.56 Å². The van der Waals surface area contributed by atoms with Crippen molar-refractivity contribution in [3.8, 4) is 23.0 Å². The number of thiazole rings is 1. The number of hydrogen-bond donors (Lipinski definition) is 13. The topological polar surface area (TPSA) is 292 Å². The lowest BCUT2D eigenvalue weighted by molar-refractivity contribution is -0.380. The second kappa shape index (κ2) is 10.8. The summed E-state index contributed by atoms with van der Waals surface area (Å²) in [5.74, 6) is -19.3. The average molecular weight is 571 g/mol. The SMILES string of the molecule is COC(CNC(O)(O)C(O)(O)c1c(O)c(O)c(NC(=O)C(O)(O)c2csc(N)n2)c(O)c1O)c1ccccc1. The minimum absolute atomic E-state index is 0.136. The molecule has 39 heavy (non-hydrogen) atoms. The molecule has 2 aromatic carbocycles. The number of amides is 1. The Morgan fingerprint density at radius 1 is 1.00 bits per heavy atom. The number of ether oxygens (including phenoxy) is 1. The van der Waals surface area contributed by atoms with Crippen LogP contribution in [-0.4, -0.2) is 81.5 Å². The molecular weight excluding hydrogens is 544 g/mol. The van der Waals surface area contributed by atoms with Crippen LogP contribution in [0.3, 0.4) is 0 Å². The molecule has 3 rings (SSSR count). The highest BCUT2D eigenvalue weighted by molar-refractivity contribution is 7.13. The number of nitrogens with zero attached hydrogens (tertiary/aromatic N) is 1. The minimum Gasteiger partial charge on any atom is -0.504 e. The summed E-state index contributed by atoms with van der Waals surface area (Å²) in [4.78, 5) is 16.0. The predicted octanol–water partition coefficient (Wildman–Crippen LogP) is -1.92. The number of aromatic hydroxyl groups is 4. The van der Waals surface area contributed by atoms with E-state index in [0.29, 0.717) is 5.56 Å². The van der Waals surface area contributed by atoms with E-state index in [1.807, 2.05) is 5.32 Å². The molecule has 17 heteroatoms. The van der Waals surface area contributed by atoms with Gasteiger partial charge in [0.1, 0.15) is 16.9 Å². The van der Waals surface area contributed by atoms with E-state index in [1.54, 1.807) is 35.6 Å². The highest BCUT2D eigenvalue weighted by Gasteiger charge is 2.54. The standard InChI is InChI=1S/C22H26N4O12S/c1-38-10(9-5-3-2-4-6-9)7-24-22(36,37)21(34,35)12-14(27)16(29)13(17(30)15(12)28)26-18(31)20(32,33)11-8-39-19(23)25-11/h2-6,8,10,24,27-30,32-37H,7H2,1H3,(H2,23,25)(H,26,31). The van der Waals surface area contributed by atoms with Crippen molar-refractivity contribution in [3.05, 3.63) is 52.5 Å². The molecule has 1 aromatic heterocycles. The molecule has 212 valence electrons. The number of nitrogen functional groups attached to an aromatic ring is 1. The number of rotatable bonds is 10. The van der Waals surface area contributed by atoms with Crippen molar-refractivity contribution in [1.29, 1.82) is 0 Å². The summed E-state index contributed by atoms with van der Waals surface area (Å²) in [5, 5.41) is 108. The Balaban J connectivity index is 1.93. The molecule has 1 atom stereocenters. The lowest BCUT2D eigenvalue weighted by Gasteiger charge is -2.37. The number of methoxy groups -OCH3 is 1. The van der Waals surface area contributed by atoms with Gasteiger partial charge in [0.2, 0.25) is 0 Å². The first kappa shape index (κ1) is 29.8. The first-order valence-electron chi connectivity index (χ1n) is 10.8. The minimum atomic E-state index is -4.04. The van der Waals surface area contributed by atoms with Crippen molar-refractivity contribution >= 4 is 28.1 Å². The summed E-state index contributed by atoms with van der Waals surface area (Å²) in [5.41, 5.74) is 2.48. The van der Waals surface area contributed by atoms with Crippen molar-refractivity contribution in [2.45, 2.75) is 23.6 Å². The Morgan fingerprint density at radius 2 is 1.56 bits per heavy atom. The van der Waals surface area contributed by atoms with Gasteiger partial charge in [0, 0.05) is 19.0 Å². The molecule has 14 N–H and O–H groups in total. The van der Waals surface area contributed by atoms with Crippen molar-refractivity contribution in [3.63, 3.8) is 0 Å². The Morgan fingerprint density at radius 3 is 2.05 bits per heavy atom. The Bertz CT molecular complexity index is 1320. The molecule has 0 saturated heterocycles. The molecule has 1 heterocycles. The van der Waals surface area contributed by atoms with E-state index < -0.39 is 76.0 Å². The maximum absolute atomic E-state index is 12.4. The normalized spacial score (nSPS) is 13.3. The highest BCUT2D eigenvalue weighted by Crippen LogP contribution is 2.54. The maximum atomic E-state index is 12.4. The van der Waals surface area contributed by atoms with E-state index >= 15 is 0 Å². The van der Waals surface area contributed by atoms with Gasteiger partial charge < -0.3 is 66.9 Å². The zero-order valence-electron chi connectivity index (χ0n) is 20.0. The molecule has 0 saturated carbocycles. The molecule has 1 unspecified atom stereocenters. The highest BCUT2D eigenvalue weighted by atomic mass is 32.1. The van der Waals surface area contributed by atoms with Crippen molar-refractivity contribution in [2.75, 3.05) is 24.7 Å². The number of anilines is 2. The van der Waals surface area contributed by atoms with Crippen LogP contribution in [0, 0.1) is 0 Å². The summed E-state index contributed by atoms with van der Waals surface area (Å²) >= 11 is 0.750. The van der Waals surface area contributed by atoms with Crippen molar-refractivity contribution < 1.29 is 60.6 Å². The van der Waals surface area contributed by atoms with Crippen molar-refractivity contribution in [1.82, 2.24) is 10.3 Å². The van der Waals surface area contributed by atoms with Crippen LogP contribution in [-0.2, 0) is 21.1 Å². The Labute approximate surface area is 223 Å². The van der Waals surface area contributed by atoms with E-state index in [-0.39, 0.29) is 5.13 Å². The first-order chi connectivity index (χ1) is 18.1. The molecule has 0 aliphatic carbocycles. The monoisotopic (exact) mass is 570 g/mol. The Hall–Kier alpha value is -3.78. The molecule has 0 radical (unpaired) electrons. The van der Waals surface area contributed by atoms with E-state index in [4.69, 9.17) is 10.5 Å². The van der Waals surface area contributed by atoms with Crippen LogP contribution < -0.4 is 16.4 Å². The molecule has 3 aromatic rings. The number of benzene rings is 2. The van der Waals surface area contributed by atoms with Gasteiger partial charge in [0.25, 0.3) is 23.4 Å². The lowest BCUT2D eigenvalue weighted by Crippen LogP contribution is -2.62. The third-order valence-corrected chi connectivity index (χ3v) is 6.33. The molecule has 16 nitrogen and oxygen atoms in total. The second-order valence-corrected chi connectivity index (χ2v) is 9.09. The number of aliphatic hydroxyl groups is 6. The van der Waals surface area contributed by atoms with E-state index in [9.17, 15) is 55.9 Å². The fourth-order valence-electron chi connectivity index (χ4n) is 3.45. The maximum Gasteiger partial charge on any atom is 0.291 e. The van der Waals surface area contributed by atoms with Crippen LogP contribution in [0.1, 0.15) is 22.9 Å². The molecular formula is C22H26N4O12S. The van der Waals surface area contributed by atoms with E-state index in [0.717, 1.165) is 16.7 Å². The molecule has 1 amide bonds. The number of nitrogens with one attached hydrogen (secondary N) is 2. The molecule has 0 spiro atoms. The quantitative estimate of drug-likeness (QED) is 0.0718. The van der Waals surface area contributed by atoms with Gasteiger partial charge in [-0.1, -0.05) is 30.3 Å². The van der Waals surface area contributed by atoms with Crippen molar-refractivity contribution in [2.24, 2.45) is 0 Å². The van der Waals surface area contributed by atoms with Gasteiger partial charge in [-0.15, -0.1) is 11.3 Å². The van der Waals surface area contributed by atoms with E-state index in [1.165, 1.54) is 7.11 Å². The van der Waals surface area contributed by atoms with Gasteiger partial charge >= 0.3 is 0 Å². The van der Waals surface area contributed by atoms with Gasteiger partial charge in [-0.25, -0.2) is 4.98 Å². The van der Waals surface area contributed by atoms with Crippen LogP contribution >= 0.6 is 11.3 Å². The molecule has 0 aliphatic heterocycles. The van der Waals surface area contributed by atoms with Crippen LogP contribution in [0.2, 0.25) is 0 Å². The average Bonchev–Trinajstić information content (AvgIpc) is 3.33. The predicted molar refractivity (Wildman–Crippen MR) is 132 cm³/mol. The fraction of sp³-hybridized carbons (Fsp3) is 0.273. The fourth-order valence-corrected chi connectivity index (χ4v) is 4.05. The molecule has 0 bridgehead atoms. The number of nitrogens with two attached hydrogens (primary N) is 1. The number of phenols is 4. The zero-order chi connectivity index (χ0) is 29.3. The lowest BCUT2D eigenvalue weighted by atomic mass is 9.97. The number of hydrogen-bond acceptors (Lipinski definition) is 16. The second-order valence-electron chi connectivity index (χ2n) is 8.20. The van der Waals surface area contributed by atoms with Crippen LogP contribution in [0.15, 0.2) is 35.7 Å². The smallest absolute Gasteiger partial charge is 0.291 e. The zero-order valence-corrected chi connectivity index (χ0v) is 20.8. The Kier molecular flexibility index (Phi) is 8.22. The van der Waals surface area contributed by atoms with Gasteiger partial charge in [-0.3, -0.25) is 10.1 Å². The number of carbonyl (C=O) groups excluding carboxylic acids is 1. The largest absolute Gasteiger partial charge is 0.504 e. The number of phenolic OH excluding ortho intramolecular Hbond substituents is 4.